The van der Waals surface area contributed by atoms with Gasteiger partial charge in [0.05, 0.1) is 11.4 Å². The minimum absolute atomic E-state index is 0.503. The van der Waals surface area contributed by atoms with Gasteiger partial charge in [0.25, 0.3) is 0 Å². The summed E-state index contributed by atoms with van der Waals surface area (Å²) in [6.45, 7) is 8.41. The Morgan fingerprint density at radius 2 is 1.72 bits per heavy atom. The van der Waals surface area contributed by atoms with E-state index in [0.717, 1.165) is 32.0 Å². The second-order valence-corrected chi connectivity index (χ2v) is 5.96. The Morgan fingerprint density at radius 1 is 1.11 bits per heavy atom. The lowest BCUT2D eigenvalue weighted by Gasteiger charge is -2.53. The van der Waals surface area contributed by atoms with Crippen molar-refractivity contribution in [2.75, 3.05) is 36.9 Å². The molecule has 0 unspecified atom stereocenters. The summed E-state index contributed by atoms with van der Waals surface area (Å²) >= 11 is 0. The first kappa shape index (κ1) is 11.8. The van der Waals surface area contributed by atoms with Crippen LogP contribution in [0.2, 0.25) is 0 Å². The van der Waals surface area contributed by atoms with Crippen LogP contribution in [0.3, 0.4) is 0 Å². The molecule has 2 fully saturated rings. The highest BCUT2D eigenvalue weighted by molar-refractivity contribution is 5.71. The maximum Gasteiger partial charge on any atom is 0.0603 e. The number of hydrogen-bond acceptors (Lipinski definition) is 3. The number of ether oxygens (including phenoxy) is 1. The van der Waals surface area contributed by atoms with Crippen LogP contribution in [0.4, 0.5) is 11.4 Å². The fraction of sp³-hybridized carbons (Fsp3) is 0.600. The summed E-state index contributed by atoms with van der Waals surface area (Å²) < 4.78 is 5.46. The monoisotopic (exact) mass is 246 g/mol. The predicted octanol–water partition coefficient (Wildman–Crippen LogP) is 2.50. The van der Waals surface area contributed by atoms with Crippen LogP contribution in [-0.2, 0) is 4.74 Å². The third kappa shape index (κ3) is 1.87. The van der Waals surface area contributed by atoms with Crippen LogP contribution >= 0.6 is 0 Å². The number of hydrogen-bond donors (Lipinski definition) is 1. The fourth-order valence-electron chi connectivity index (χ4n) is 3.15. The number of nitrogen functional groups attached to an aromatic ring is 1. The zero-order chi connectivity index (χ0) is 12.8. The summed E-state index contributed by atoms with van der Waals surface area (Å²) in [5, 5.41) is 0. The van der Waals surface area contributed by atoms with Crippen LogP contribution in [-0.4, -0.2) is 26.3 Å². The minimum Gasteiger partial charge on any atom is -0.397 e. The highest BCUT2D eigenvalue weighted by atomic mass is 16.5. The summed E-state index contributed by atoms with van der Waals surface area (Å²) in [6, 6.07) is 4.33. The van der Waals surface area contributed by atoms with Crippen LogP contribution in [0.5, 0.6) is 0 Å². The van der Waals surface area contributed by atoms with E-state index in [1.54, 1.807) is 0 Å². The van der Waals surface area contributed by atoms with Gasteiger partial charge in [-0.15, -0.1) is 0 Å². The zero-order valence-corrected chi connectivity index (χ0v) is 11.3. The molecule has 1 aromatic carbocycles. The van der Waals surface area contributed by atoms with Gasteiger partial charge in [0.15, 0.2) is 0 Å². The first-order chi connectivity index (χ1) is 8.60. The van der Waals surface area contributed by atoms with Gasteiger partial charge in [-0.25, -0.2) is 0 Å². The lowest BCUT2D eigenvalue weighted by molar-refractivity contribution is -0.000146. The lowest BCUT2D eigenvalue weighted by atomic mass is 9.73. The second kappa shape index (κ2) is 4.16. The van der Waals surface area contributed by atoms with Crippen molar-refractivity contribution in [1.82, 2.24) is 0 Å². The quantitative estimate of drug-likeness (QED) is 0.774. The van der Waals surface area contributed by atoms with Crippen molar-refractivity contribution in [3.8, 4) is 0 Å². The summed E-state index contributed by atoms with van der Waals surface area (Å²) in [5.74, 6) is 0. The van der Waals surface area contributed by atoms with E-state index < -0.39 is 0 Å². The molecule has 2 saturated heterocycles. The van der Waals surface area contributed by atoms with Crippen molar-refractivity contribution in [3.05, 3.63) is 23.3 Å². The number of aryl methyl sites for hydroxylation is 2. The molecule has 98 valence electrons. The minimum atomic E-state index is 0.503. The van der Waals surface area contributed by atoms with Crippen LogP contribution in [0, 0.1) is 19.3 Å². The standard InChI is InChI=1S/C15H22N2O/c1-11-7-13(16)14(8-12(11)2)17-9-15(10-17)3-5-18-6-4-15/h7-8H,3-6,9-10,16H2,1-2H3. The number of benzene rings is 1. The average Bonchev–Trinajstić information content (AvgIpc) is 2.32. The lowest BCUT2D eigenvalue weighted by Crippen LogP contribution is -2.58. The maximum atomic E-state index is 6.15. The Kier molecular flexibility index (Phi) is 2.74. The molecule has 3 nitrogen and oxygen atoms in total. The van der Waals surface area contributed by atoms with Crippen molar-refractivity contribution in [2.45, 2.75) is 26.7 Å². The Bertz CT molecular complexity index is 456. The smallest absolute Gasteiger partial charge is 0.0603 e. The van der Waals surface area contributed by atoms with Gasteiger partial charge in [-0.05, 0) is 49.9 Å². The molecule has 0 amide bonds. The fourth-order valence-corrected chi connectivity index (χ4v) is 3.15. The van der Waals surface area contributed by atoms with Crippen LogP contribution in [0.25, 0.3) is 0 Å². The van der Waals surface area contributed by atoms with E-state index in [0.29, 0.717) is 5.41 Å². The first-order valence-corrected chi connectivity index (χ1v) is 6.79. The van der Waals surface area contributed by atoms with Crippen molar-refractivity contribution in [2.24, 2.45) is 5.41 Å². The van der Waals surface area contributed by atoms with E-state index in [1.807, 2.05) is 0 Å². The summed E-state index contributed by atoms with van der Waals surface area (Å²) in [4.78, 5) is 2.42. The molecule has 3 heteroatoms. The molecule has 3 rings (SSSR count). The molecule has 0 radical (unpaired) electrons. The van der Waals surface area contributed by atoms with Gasteiger partial charge in [0.1, 0.15) is 0 Å². The summed E-state index contributed by atoms with van der Waals surface area (Å²) in [7, 11) is 0. The molecular formula is C15H22N2O. The normalized spacial score (nSPS) is 22.0. The highest BCUT2D eigenvalue weighted by Crippen LogP contribution is 2.43. The van der Waals surface area contributed by atoms with E-state index in [2.05, 4.69) is 30.9 Å². The van der Waals surface area contributed by atoms with Gasteiger partial charge >= 0.3 is 0 Å². The Hall–Kier alpha value is -1.22. The molecule has 0 bridgehead atoms. The van der Waals surface area contributed by atoms with Crippen LogP contribution in [0.15, 0.2) is 12.1 Å². The number of anilines is 2. The summed E-state index contributed by atoms with van der Waals surface area (Å²) in [6.07, 6.45) is 2.41. The Labute approximate surface area is 109 Å². The largest absolute Gasteiger partial charge is 0.397 e. The van der Waals surface area contributed by atoms with Gasteiger partial charge in [-0.3, -0.25) is 0 Å². The molecule has 0 atom stereocenters. The van der Waals surface area contributed by atoms with Crippen LogP contribution in [0.1, 0.15) is 24.0 Å². The van der Waals surface area contributed by atoms with Crippen molar-refractivity contribution in [3.63, 3.8) is 0 Å². The van der Waals surface area contributed by atoms with Crippen molar-refractivity contribution in [1.29, 1.82) is 0 Å². The molecule has 2 N–H and O–H groups in total. The molecule has 18 heavy (non-hydrogen) atoms. The summed E-state index contributed by atoms with van der Waals surface area (Å²) in [5.41, 5.74) is 11.4. The van der Waals surface area contributed by atoms with E-state index in [-0.39, 0.29) is 0 Å². The van der Waals surface area contributed by atoms with Crippen molar-refractivity contribution < 1.29 is 4.74 Å². The molecule has 1 aromatic rings. The molecule has 1 spiro atoms. The SMILES string of the molecule is Cc1cc(N)c(N2CC3(CCOCC3)C2)cc1C. The van der Waals surface area contributed by atoms with Crippen LogP contribution < -0.4 is 10.6 Å². The van der Waals surface area contributed by atoms with Gasteiger partial charge in [-0.2, -0.15) is 0 Å². The average molecular weight is 246 g/mol. The molecule has 0 aliphatic carbocycles. The maximum absolute atomic E-state index is 6.15. The molecule has 0 saturated carbocycles. The van der Waals surface area contributed by atoms with Crippen molar-refractivity contribution >= 4 is 11.4 Å². The van der Waals surface area contributed by atoms with E-state index in [4.69, 9.17) is 10.5 Å². The molecule has 2 heterocycles. The molecule has 0 aromatic heterocycles. The molecule has 2 aliphatic heterocycles. The van der Waals surface area contributed by atoms with E-state index in [9.17, 15) is 0 Å². The number of rotatable bonds is 1. The number of nitrogens with zero attached hydrogens (tertiary/aromatic N) is 1. The Balaban J connectivity index is 1.76. The van der Waals surface area contributed by atoms with Gasteiger partial charge < -0.3 is 15.4 Å². The predicted molar refractivity (Wildman–Crippen MR) is 75.0 cm³/mol. The van der Waals surface area contributed by atoms with E-state index in [1.165, 1.54) is 29.7 Å². The van der Waals surface area contributed by atoms with E-state index >= 15 is 0 Å². The first-order valence-electron chi connectivity index (χ1n) is 6.79. The molecular weight excluding hydrogens is 224 g/mol. The Morgan fingerprint density at radius 3 is 2.39 bits per heavy atom. The molecule has 2 aliphatic rings. The second-order valence-electron chi connectivity index (χ2n) is 5.96. The van der Waals surface area contributed by atoms with Gasteiger partial charge in [0.2, 0.25) is 0 Å². The van der Waals surface area contributed by atoms with Gasteiger partial charge in [-0.1, -0.05) is 0 Å². The number of nitrogens with two attached hydrogens (primary N) is 1. The third-order valence-corrected chi connectivity index (χ3v) is 4.59. The highest BCUT2D eigenvalue weighted by Gasteiger charge is 2.44. The topological polar surface area (TPSA) is 38.5 Å². The van der Waals surface area contributed by atoms with Gasteiger partial charge in [0, 0.05) is 31.7 Å². The third-order valence-electron chi connectivity index (χ3n) is 4.59. The zero-order valence-electron chi connectivity index (χ0n) is 11.3.